The fraction of sp³-hybridized carbons (Fsp3) is 0.571. The van der Waals surface area contributed by atoms with Crippen LogP contribution in [-0.2, 0) is 16.1 Å². The van der Waals surface area contributed by atoms with Crippen molar-refractivity contribution in [2.75, 3.05) is 12.4 Å². The molecule has 2 aliphatic rings. The Bertz CT molecular complexity index is 886. The SMILES string of the molecule is O=C(CSc1nc2ccccc2c(=O)n1CC1CCCO1)NC1CCCCC1. The number of rotatable bonds is 6. The highest BCUT2D eigenvalue weighted by atomic mass is 32.2. The van der Waals surface area contributed by atoms with Crippen LogP contribution in [0.2, 0.25) is 0 Å². The van der Waals surface area contributed by atoms with Crippen LogP contribution in [0.3, 0.4) is 0 Å². The molecule has 1 saturated carbocycles. The van der Waals surface area contributed by atoms with Gasteiger partial charge in [-0.1, -0.05) is 43.2 Å². The van der Waals surface area contributed by atoms with Crippen molar-refractivity contribution in [1.82, 2.24) is 14.9 Å². The first-order chi connectivity index (χ1) is 13.7. The summed E-state index contributed by atoms with van der Waals surface area (Å²) in [6, 6.07) is 7.68. The zero-order valence-electron chi connectivity index (χ0n) is 16.1. The minimum absolute atomic E-state index is 0.0166. The summed E-state index contributed by atoms with van der Waals surface area (Å²) in [6.45, 7) is 1.23. The summed E-state index contributed by atoms with van der Waals surface area (Å²) >= 11 is 1.34. The number of thioether (sulfide) groups is 1. The van der Waals surface area contributed by atoms with E-state index in [0.717, 1.165) is 32.3 Å². The number of nitrogens with one attached hydrogen (secondary N) is 1. The summed E-state index contributed by atoms with van der Waals surface area (Å²) in [4.78, 5) is 30.2. The number of nitrogens with zero attached hydrogens (tertiary/aromatic N) is 2. The average molecular weight is 402 g/mol. The Hall–Kier alpha value is -1.86. The van der Waals surface area contributed by atoms with Crippen LogP contribution in [0.5, 0.6) is 0 Å². The Morgan fingerprint density at radius 2 is 2.00 bits per heavy atom. The molecule has 28 heavy (non-hydrogen) atoms. The summed E-state index contributed by atoms with van der Waals surface area (Å²) in [6.07, 6.45) is 7.77. The molecule has 0 radical (unpaired) electrons. The fourth-order valence-electron chi connectivity index (χ4n) is 4.06. The van der Waals surface area contributed by atoms with Crippen LogP contribution in [0.15, 0.2) is 34.2 Å². The monoisotopic (exact) mass is 401 g/mol. The maximum atomic E-state index is 13.1. The highest BCUT2D eigenvalue weighted by Crippen LogP contribution is 2.22. The highest BCUT2D eigenvalue weighted by molar-refractivity contribution is 7.99. The number of carbonyl (C=O) groups is 1. The van der Waals surface area contributed by atoms with Gasteiger partial charge >= 0.3 is 0 Å². The standard InChI is InChI=1S/C21H27N3O3S/c25-19(22-15-7-2-1-3-8-15)14-28-21-23-18-11-5-4-10-17(18)20(26)24(21)13-16-9-6-12-27-16/h4-5,10-11,15-16H,1-3,6-9,12-14H2,(H,22,25). The molecular weight excluding hydrogens is 374 g/mol. The Kier molecular flexibility index (Phi) is 6.32. The number of hydrogen-bond acceptors (Lipinski definition) is 5. The van der Waals surface area contributed by atoms with E-state index in [2.05, 4.69) is 10.3 Å². The van der Waals surface area contributed by atoms with E-state index in [4.69, 9.17) is 4.74 Å². The van der Waals surface area contributed by atoms with Gasteiger partial charge in [-0.3, -0.25) is 14.2 Å². The number of amides is 1. The second-order valence-corrected chi connectivity index (χ2v) is 8.60. The van der Waals surface area contributed by atoms with Crippen LogP contribution >= 0.6 is 11.8 Å². The van der Waals surface area contributed by atoms with E-state index < -0.39 is 0 Å². The first kappa shape index (κ1) is 19.5. The lowest BCUT2D eigenvalue weighted by molar-refractivity contribution is -0.119. The van der Waals surface area contributed by atoms with Crippen molar-refractivity contribution in [3.05, 3.63) is 34.6 Å². The van der Waals surface area contributed by atoms with E-state index in [1.165, 1.54) is 31.0 Å². The molecule has 4 rings (SSSR count). The lowest BCUT2D eigenvalue weighted by atomic mass is 9.95. The Morgan fingerprint density at radius 3 is 2.79 bits per heavy atom. The number of hydrogen-bond donors (Lipinski definition) is 1. The van der Waals surface area contributed by atoms with Crippen LogP contribution in [0, 0.1) is 0 Å². The third-order valence-corrected chi connectivity index (χ3v) is 6.52. The summed E-state index contributed by atoms with van der Waals surface area (Å²) in [5.41, 5.74) is 0.613. The molecule has 0 bridgehead atoms. The quantitative estimate of drug-likeness (QED) is 0.595. The van der Waals surface area contributed by atoms with Gasteiger partial charge in [0.05, 0.1) is 29.3 Å². The van der Waals surface area contributed by atoms with Gasteiger partial charge in [-0.05, 0) is 37.8 Å². The number of benzene rings is 1. The van der Waals surface area contributed by atoms with Crippen LogP contribution in [0.25, 0.3) is 10.9 Å². The first-order valence-electron chi connectivity index (χ1n) is 10.2. The molecule has 2 fully saturated rings. The second-order valence-electron chi connectivity index (χ2n) is 7.65. The maximum absolute atomic E-state index is 13.1. The third kappa shape index (κ3) is 4.58. The molecule has 1 unspecified atom stereocenters. The van der Waals surface area contributed by atoms with E-state index >= 15 is 0 Å². The Labute approximate surface area is 169 Å². The minimum Gasteiger partial charge on any atom is -0.376 e. The summed E-state index contributed by atoms with van der Waals surface area (Å²) in [5.74, 6) is 0.287. The van der Waals surface area contributed by atoms with Crippen molar-refractivity contribution >= 4 is 28.6 Å². The molecule has 1 aliphatic heterocycles. The van der Waals surface area contributed by atoms with E-state index in [-0.39, 0.29) is 23.3 Å². The van der Waals surface area contributed by atoms with E-state index in [1.807, 2.05) is 18.2 Å². The van der Waals surface area contributed by atoms with Crippen molar-refractivity contribution in [3.8, 4) is 0 Å². The van der Waals surface area contributed by atoms with Crippen LogP contribution in [0.4, 0.5) is 0 Å². The van der Waals surface area contributed by atoms with E-state index in [9.17, 15) is 9.59 Å². The lowest BCUT2D eigenvalue weighted by Gasteiger charge is -2.22. The molecule has 1 saturated heterocycles. The van der Waals surface area contributed by atoms with Crippen molar-refractivity contribution in [3.63, 3.8) is 0 Å². The largest absolute Gasteiger partial charge is 0.376 e. The van der Waals surface area contributed by atoms with Gasteiger partial charge in [0.2, 0.25) is 5.91 Å². The number of para-hydroxylation sites is 1. The molecule has 1 aliphatic carbocycles. The number of fused-ring (bicyclic) bond motifs is 1. The highest BCUT2D eigenvalue weighted by Gasteiger charge is 2.21. The lowest BCUT2D eigenvalue weighted by Crippen LogP contribution is -2.37. The van der Waals surface area contributed by atoms with Gasteiger partial charge in [-0.25, -0.2) is 4.98 Å². The number of ether oxygens (including phenoxy) is 1. The van der Waals surface area contributed by atoms with Gasteiger partial charge in [-0.15, -0.1) is 0 Å². The molecule has 0 spiro atoms. The summed E-state index contributed by atoms with van der Waals surface area (Å²) in [7, 11) is 0. The molecular formula is C21H27N3O3S. The van der Waals surface area contributed by atoms with E-state index in [1.54, 1.807) is 10.6 Å². The Balaban J connectivity index is 1.52. The van der Waals surface area contributed by atoms with Crippen molar-refractivity contribution in [1.29, 1.82) is 0 Å². The second kappa shape index (κ2) is 9.09. The molecule has 7 heteroatoms. The van der Waals surface area contributed by atoms with E-state index in [0.29, 0.717) is 28.6 Å². The number of carbonyl (C=O) groups excluding carboxylic acids is 1. The molecule has 150 valence electrons. The fourth-order valence-corrected chi connectivity index (χ4v) is 4.88. The predicted molar refractivity (Wildman–Crippen MR) is 111 cm³/mol. The third-order valence-electron chi connectivity index (χ3n) is 5.54. The smallest absolute Gasteiger partial charge is 0.262 e. The molecule has 2 heterocycles. The van der Waals surface area contributed by atoms with Crippen molar-refractivity contribution in [2.45, 2.75) is 68.8 Å². The van der Waals surface area contributed by atoms with Crippen molar-refractivity contribution in [2.24, 2.45) is 0 Å². The predicted octanol–water partition coefficient (Wildman–Crippen LogP) is 3.12. The van der Waals surface area contributed by atoms with Crippen LogP contribution in [-0.4, -0.2) is 40.0 Å². The van der Waals surface area contributed by atoms with Gasteiger partial charge in [0.25, 0.3) is 5.56 Å². The summed E-state index contributed by atoms with van der Waals surface area (Å²) in [5, 5.41) is 4.34. The zero-order chi connectivity index (χ0) is 19.3. The summed E-state index contributed by atoms with van der Waals surface area (Å²) < 4.78 is 7.42. The van der Waals surface area contributed by atoms with Gasteiger partial charge in [-0.2, -0.15) is 0 Å². The molecule has 2 aromatic rings. The molecule has 1 aromatic heterocycles. The molecule has 1 atom stereocenters. The molecule has 1 N–H and O–H groups in total. The minimum atomic E-state index is -0.0590. The molecule has 6 nitrogen and oxygen atoms in total. The van der Waals surface area contributed by atoms with Gasteiger partial charge in [0.15, 0.2) is 5.16 Å². The van der Waals surface area contributed by atoms with Gasteiger partial charge < -0.3 is 10.1 Å². The van der Waals surface area contributed by atoms with Gasteiger partial charge in [0.1, 0.15) is 0 Å². The normalized spacial score (nSPS) is 20.5. The first-order valence-corrected chi connectivity index (χ1v) is 11.2. The average Bonchev–Trinajstić information content (AvgIpc) is 3.23. The molecule has 1 amide bonds. The molecule has 1 aromatic carbocycles. The topological polar surface area (TPSA) is 73.2 Å². The van der Waals surface area contributed by atoms with Crippen molar-refractivity contribution < 1.29 is 9.53 Å². The number of aromatic nitrogens is 2. The Morgan fingerprint density at radius 1 is 1.18 bits per heavy atom. The maximum Gasteiger partial charge on any atom is 0.262 e. The van der Waals surface area contributed by atoms with Gasteiger partial charge in [0, 0.05) is 12.6 Å². The van der Waals surface area contributed by atoms with Crippen LogP contribution in [0.1, 0.15) is 44.9 Å². The zero-order valence-corrected chi connectivity index (χ0v) is 16.9. The van der Waals surface area contributed by atoms with Crippen LogP contribution < -0.4 is 10.9 Å².